The van der Waals surface area contributed by atoms with Crippen LogP contribution in [0, 0.1) is 0 Å². The fourth-order valence-electron chi connectivity index (χ4n) is 2.48. The van der Waals surface area contributed by atoms with Crippen molar-refractivity contribution in [2.45, 2.75) is 17.7 Å². The number of benzene rings is 2. The third-order valence-electron chi connectivity index (χ3n) is 4.02. The molecule has 0 unspecified atom stereocenters. The van der Waals surface area contributed by atoms with Crippen molar-refractivity contribution in [2.75, 3.05) is 18.7 Å². The number of anilines is 1. The van der Waals surface area contributed by atoms with Crippen LogP contribution in [0.1, 0.15) is 12.3 Å². The molecule has 0 atom stereocenters. The summed E-state index contributed by atoms with van der Waals surface area (Å²) in [5.41, 5.74) is 0.985. The maximum absolute atomic E-state index is 12.2. The molecular weight excluding hydrogens is 418 g/mol. The number of carbonyl (C=O) groups is 1. The lowest BCUT2D eigenvalue weighted by molar-refractivity contribution is -0.116. The molecule has 1 N–H and O–H groups in total. The van der Waals surface area contributed by atoms with Crippen LogP contribution in [0.3, 0.4) is 0 Å². The molecule has 3 aromatic rings. The molecule has 2 aromatic carbocycles. The van der Waals surface area contributed by atoms with E-state index >= 15 is 0 Å². The van der Waals surface area contributed by atoms with Gasteiger partial charge < -0.3 is 14.6 Å². The fraction of sp³-hybridized carbons (Fsp3) is 0.211. The van der Waals surface area contributed by atoms with Crippen molar-refractivity contribution < 1.29 is 22.5 Å². The molecule has 10 heteroatoms. The Kier molecular flexibility index (Phi) is 6.19. The number of nitrogens with zero attached hydrogens (tertiary/aromatic N) is 2. The lowest BCUT2D eigenvalue weighted by Crippen LogP contribution is -2.13. The Morgan fingerprint density at radius 3 is 2.59 bits per heavy atom. The highest BCUT2D eigenvalue weighted by Gasteiger charge is 2.14. The van der Waals surface area contributed by atoms with E-state index in [-0.39, 0.29) is 34.4 Å². The number of hydrogen-bond acceptors (Lipinski definition) is 7. The molecule has 0 aliphatic heterocycles. The van der Waals surface area contributed by atoms with Gasteiger partial charge in [-0.3, -0.25) is 4.79 Å². The number of methoxy groups -OCH3 is 1. The minimum absolute atomic E-state index is 0.0592. The Bertz CT molecular complexity index is 1130. The molecular formula is C19H18ClN3O5S. The van der Waals surface area contributed by atoms with Gasteiger partial charge in [-0.05, 0) is 42.5 Å². The van der Waals surface area contributed by atoms with Gasteiger partial charge in [0, 0.05) is 24.7 Å². The third-order valence-corrected chi connectivity index (χ3v) is 5.46. The number of amides is 1. The third kappa shape index (κ3) is 5.33. The number of carbonyl (C=O) groups excluding carboxylic acids is 1. The molecule has 0 aliphatic carbocycles. The summed E-state index contributed by atoms with van der Waals surface area (Å²) in [6, 6.07) is 11.3. The molecule has 0 saturated carbocycles. The van der Waals surface area contributed by atoms with Crippen molar-refractivity contribution in [3.05, 3.63) is 53.4 Å². The molecule has 0 fully saturated rings. The van der Waals surface area contributed by atoms with E-state index in [4.69, 9.17) is 20.9 Å². The highest BCUT2D eigenvalue weighted by Crippen LogP contribution is 2.25. The van der Waals surface area contributed by atoms with Crippen molar-refractivity contribution in [3.8, 4) is 17.1 Å². The van der Waals surface area contributed by atoms with Gasteiger partial charge in [-0.1, -0.05) is 16.8 Å². The van der Waals surface area contributed by atoms with Gasteiger partial charge in [-0.25, -0.2) is 8.42 Å². The summed E-state index contributed by atoms with van der Waals surface area (Å²) in [6.45, 7) is 0. The van der Waals surface area contributed by atoms with Crippen molar-refractivity contribution in [1.82, 2.24) is 10.1 Å². The van der Waals surface area contributed by atoms with E-state index in [9.17, 15) is 13.2 Å². The average Bonchev–Trinajstić information content (AvgIpc) is 3.16. The highest BCUT2D eigenvalue weighted by atomic mass is 35.5. The lowest BCUT2D eigenvalue weighted by Gasteiger charge is -2.08. The largest absolute Gasteiger partial charge is 0.497 e. The first kappa shape index (κ1) is 20.8. The molecule has 29 heavy (non-hydrogen) atoms. The Balaban J connectivity index is 1.62. The minimum atomic E-state index is -3.41. The van der Waals surface area contributed by atoms with Crippen molar-refractivity contribution in [2.24, 2.45) is 0 Å². The summed E-state index contributed by atoms with van der Waals surface area (Å²) >= 11 is 6.04. The number of aryl methyl sites for hydroxylation is 1. The first-order valence-corrected chi connectivity index (χ1v) is 10.8. The topological polar surface area (TPSA) is 111 Å². The smallest absolute Gasteiger partial charge is 0.227 e. The van der Waals surface area contributed by atoms with Gasteiger partial charge in [-0.15, -0.1) is 0 Å². The van der Waals surface area contributed by atoms with E-state index < -0.39 is 9.84 Å². The predicted octanol–water partition coefficient (Wildman–Crippen LogP) is 3.37. The zero-order chi connectivity index (χ0) is 21.0. The zero-order valence-electron chi connectivity index (χ0n) is 15.7. The van der Waals surface area contributed by atoms with E-state index in [2.05, 4.69) is 15.5 Å². The van der Waals surface area contributed by atoms with E-state index in [1.165, 1.54) is 18.2 Å². The maximum Gasteiger partial charge on any atom is 0.227 e. The maximum atomic E-state index is 12.2. The molecule has 1 amide bonds. The first-order valence-electron chi connectivity index (χ1n) is 8.53. The average molecular weight is 436 g/mol. The molecule has 3 rings (SSSR count). The van der Waals surface area contributed by atoms with Gasteiger partial charge in [0.25, 0.3) is 0 Å². The summed E-state index contributed by atoms with van der Waals surface area (Å²) < 4.78 is 33.6. The summed E-state index contributed by atoms with van der Waals surface area (Å²) in [7, 11) is -1.83. The summed E-state index contributed by atoms with van der Waals surface area (Å²) in [6.07, 6.45) is 1.36. The van der Waals surface area contributed by atoms with Gasteiger partial charge in [0.2, 0.25) is 17.6 Å². The standard InChI is InChI=1S/C19H18ClN3O5S/c1-27-13-5-3-12(4-6-13)19-22-18(28-23-19)10-9-17(24)21-16-11-14(29(2,25)26)7-8-15(16)20/h3-8,11H,9-10H2,1-2H3,(H,21,24). The van der Waals surface area contributed by atoms with Crippen molar-refractivity contribution in [1.29, 1.82) is 0 Å². The van der Waals surface area contributed by atoms with Gasteiger partial charge in [-0.2, -0.15) is 4.98 Å². The molecule has 1 aromatic heterocycles. The van der Waals surface area contributed by atoms with Crippen LogP contribution in [-0.2, 0) is 21.1 Å². The van der Waals surface area contributed by atoms with E-state index in [0.717, 1.165) is 11.8 Å². The van der Waals surface area contributed by atoms with Crippen molar-refractivity contribution in [3.63, 3.8) is 0 Å². The van der Waals surface area contributed by atoms with Gasteiger partial charge >= 0.3 is 0 Å². The van der Waals surface area contributed by atoms with Crippen LogP contribution in [0.4, 0.5) is 5.69 Å². The summed E-state index contributed by atoms with van der Waals surface area (Å²) in [4.78, 5) is 16.6. The Morgan fingerprint density at radius 1 is 1.21 bits per heavy atom. The quantitative estimate of drug-likeness (QED) is 0.605. The van der Waals surface area contributed by atoms with Crippen LogP contribution >= 0.6 is 11.6 Å². The number of sulfone groups is 1. The monoisotopic (exact) mass is 435 g/mol. The molecule has 0 saturated heterocycles. The second-order valence-corrected chi connectivity index (χ2v) is 8.63. The Hall–Kier alpha value is -2.91. The highest BCUT2D eigenvalue weighted by molar-refractivity contribution is 7.90. The van der Waals surface area contributed by atoms with Gasteiger partial charge in [0.05, 0.1) is 22.7 Å². The molecule has 1 heterocycles. The Labute approximate surface area is 172 Å². The van der Waals surface area contributed by atoms with E-state index in [0.29, 0.717) is 17.5 Å². The predicted molar refractivity (Wildman–Crippen MR) is 108 cm³/mol. The number of nitrogens with one attached hydrogen (secondary N) is 1. The molecule has 0 aliphatic rings. The first-order chi connectivity index (χ1) is 13.8. The van der Waals surface area contributed by atoms with Crippen molar-refractivity contribution >= 4 is 33.0 Å². The molecule has 152 valence electrons. The van der Waals surface area contributed by atoms with E-state index in [1.807, 2.05) is 0 Å². The molecule has 0 bridgehead atoms. The SMILES string of the molecule is COc1ccc(-c2noc(CCC(=O)Nc3cc(S(C)(=O)=O)ccc3Cl)n2)cc1. The number of ether oxygens (including phenoxy) is 1. The molecule has 0 radical (unpaired) electrons. The van der Waals surface area contributed by atoms with Gasteiger partial charge in [0.1, 0.15) is 5.75 Å². The second-order valence-electron chi connectivity index (χ2n) is 6.20. The summed E-state index contributed by atoms with van der Waals surface area (Å²) in [5.74, 6) is 1.07. The van der Waals surface area contributed by atoms with Crippen LogP contribution < -0.4 is 10.1 Å². The van der Waals surface area contributed by atoms with Crippen LogP contribution in [0.2, 0.25) is 5.02 Å². The number of aromatic nitrogens is 2. The minimum Gasteiger partial charge on any atom is -0.497 e. The second kappa shape index (κ2) is 8.62. The molecule has 8 nitrogen and oxygen atoms in total. The van der Waals surface area contributed by atoms with Gasteiger partial charge in [0.15, 0.2) is 9.84 Å². The summed E-state index contributed by atoms with van der Waals surface area (Å²) in [5, 5.41) is 6.76. The normalized spacial score (nSPS) is 11.3. The molecule has 0 spiro atoms. The Morgan fingerprint density at radius 2 is 1.93 bits per heavy atom. The van der Waals surface area contributed by atoms with Crippen LogP contribution in [-0.4, -0.2) is 37.8 Å². The number of halogens is 1. The number of hydrogen-bond donors (Lipinski definition) is 1. The zero-order valence-corrected chi connectivity index (χ0v) is 17.2. The van der Waals surface area contributed by atoms with Crippen LogP contribution in [0.15, 0.2) is 51.9 Å². The van der Waals surface area contributed by atoms with E-state index in [1.54, 1.807) is 31.4 Å². The fourth-order valence-corrected chi connectivity index (χ4v) is 3.29. The van der Waals surface area contributed by atoms with Crippen LogP contribution in [0.5, 0.6) is 5.75 Å². The number of rotatable bonds is 7. The van der Waals surface area contributed by atoms with Crippen LogP contribution in [0.25, 0.3) is 11.4 Å². The lowest BCUT2D eigenvalue weighted by atomic mass is 10.2.